The van der Waals surface area contributed by atoms with Gasteiger partial charge in [0.25, 0.3) is 0 Å². The number of aromatic nitrogens is 1. The first-order valence-corrected chi connectivity index (χ1v) is 10.2. The molecule has 0 spiro atoms. The second-order valence-corrected chi connectivity index (χ2v) is 7.17. The number of unbranched alkanes of at least 4 members (excludes halogenated alkanes) is 1. The molecule has 4 heteroatoms. The van der Waals surface area contributed by atoms with Crippen LogP contribution in [0.25, 0.3) is 10.9 Å². The van der Waals surface area contributed by atoms with Gasteiger partial charge in [-0.05, 0) is 41.7 Å². The fourth-order valence-electron chi connectivity index (χ4n) is 3.75. The average Bonchev–Trinajstić information content (AvgIpc) is 3.16. The highest BCUT2D eigenvalue weighted by Crippen LogP contribution is 2.35. The van der Waals surface area contributed by atoms with Crippen LogP contribution < -0.4 is 10.1 Å². The molecule has 0 radical (unpaired) electrons. The van der Waals surface area contributed by atoms with E-state index in [9.17, 15) is 4.79 Å². The largest absolute Gasteiger partial charge is 0.497 e. The van der Waals surface area contributed by atoms with Crippen molar-refractivity contribution in [1.29, 1.82) is 0 Å². The predicted octanol–water partition coefficient (Wildman–Crippen LogP) is 5.18. The molecule has 28 heavy (non-hydrogen) atoms. The van der Waals surface area contributed by atoms with E-state index in [0.717, 1.165) is 42.7 Å². The van der Waals surface area contributed by atoms with Gasteiger partial charge < -0.3 is 15.0 Å². The van der Waals surface area contributed by atoms with Crippen LogP contribution in [-0.4, -0.2) is 24.5 Å². The minimum atomic E-state index is -0.0300. The number of amides is 1. The number of aromatic amines is 1. The van der Waals surface area contributed by atoms with E-state index >= 15 is 0 Å². The quantitative estimate of drug-likeness (QED) is 0.504. The Morgan fingerprint density at radius 3 is 2.75 bits per heavy atom. The first kappa shape index (κ1) is 20.0. The number of methoxy groups -OCH3 is 1. The van der Waals surface area contributed by atoms with Gasteiger partial charge in [0.2, 0.25) is 5.91 Å². The summed E-state index contributed by atoms with van der Waals surface area (Å²) in [7, 11) is 1.67. The minimum Gasteiger partial charge on any atom is -0.497 e. The molecule has 1 aromatic heterocycles. The maximum atomic E-state index is 12.7. The Labute approximate surface area is 167 Å². The number of carbonyl (C=O) groups excluding carboxylic acids is 1. The Kier molecular flexibility index (Phi) is 6.75. The van der Waals surface area contributed by atoms with Crippen LogP contribution >= 0.6 is 0 Å². The molecule has 148 valence electrons. The fourth-order valence-corrected chi connectivity index (χ4v) is 3.75. The first-order chi connectivity index (χ1) is 13.7. The Bertz CT molecular complexity index is 929. The Balaban J connectivity index is 2.00. The number of benzene rings is 2. The zero-order valence-corrected chi connectivity index (χ0v) is 17.0. The van der Waals surface area contributed by atoms with Crippen molar-refractivity contribution >= 4 is 16.8 Å². The third-order valence-corrected chi connectivity index (χ3v) is 5.33. The topological polar surface area (TPSA) is 54.1 Å². The van der Waals surface area contributed by atoms with Crippen LogP contribution in [0.15, 0.2) is 48.7 Å². The first-order valence-electron chi connectivity index (χ1n) is 10.2. The highest BCUT2D eigenvalue weighted by Gasteiger charge is 2.22. The summed E-state index contributed by atoms with van der Waals surface area (Å²) in [5.74, 6) is 0.864. The lowest BCUT2D eigenvalue weighted by Gasteiger charge is -2.18. The molecule has 0 saturated heterocycles. The summed E-state index contributed by atoms with van der Waals surface area (Å²) in [5.41, 5.74) is 4.71. The number of H-pyrrole nitrogens is 1. The molecule has 1 atom stereocenters. The molecular formula is C24H30N2O2. The van der Waals surface area contributed by atoms with Crippen molar-refractivity contribution in [2.24, 2.45) is 0 Å². The second kappa shape index (κ2) is 9.45. The summed E-state index contributed by atoms with van der Waals surface area (Å²) in [6, 6.07) is 14.4. The number of ether oxygens (including phenoxy) is 1. The lowest BCUT2D eigenvalue weighted by Crippen LogP contribution is -2.26. The molecule has 1 heterocycles. The van der Waals surface area contributed by atoms with Crippen LogP contribution in [0.5, 0.6) is 5.75 Å². The molecule has 3 rings (SSSR count). The van der Waals surface area contributed by atoms with Crippen molar-refractivity contribution in [1.82, 2.24) is 10.3 Å². The summed E-state index contributed by atoms with van der Waals surface area (Å²) in [5, 5.41) is 4.25. The van der Waals surface area contributed by atoms with E-state index < -0.39 is 0 Å². The number of fused-ring (bicyclic) bond motifs is 1. The predicted molar refractivity (Wildman–Crippen MR) is 115 cm³/mol. The molecule has 3 aromatic rings. The third kappa shape index (κ3) is 4.38. The van der Waals surface area contributed by atoms with E-state index in [1.807, 2.05) is 18.2 Å². The minimum absolute atomic E-state index is 0.0300. The van der Waals surface area contributed by atoms with E-state index in [4.69, 9.17) is 4.74 Å². The third-order valence-electron chi connectivity index (χ3n) is 5.33. The van der Waals surface area contributed by atoms with Crippen molar-refractivity contribution in [2.45, 2.75) is 45.4 Å². The molecule has 0 fully saturated rings. The maximum Gasteiger partial charge on any atom is 0.220 e. The molecular weight excluding hydrogens is 348 g/mol. The van der Waals surface area contributed by atoms with Crippen molar-refractivity contribution in [2.75, 3.05) is 13.7 Å². The van der Waals surface area contributed by atoms with Crippen LogP contribution in [0.4, 0.5) is 0 Å². The molecule has 4 nitrogen and oxygen atoms in total. The Morgan fingerprint density at radius 1 is 1.18 bits per heavy atom. The average molecular weight is 379 g/mol. The van der Waals surface area contributed by atoms with Gasteiger partial charge in [-0.1, -0.05) is 50.6 Å². The number of aryl methyl sites for hydroxylation is 1. The number of carbonyl (C=O) groups is 1. The standard InChI is InChI=1S/C24H30N2O2/c1-4-6-13-25-23(27)15-21(18-10-7-11-19(14-18)28-3)22-16-26-24-17(5-2)9-8-12-20(22)24/h7-12,14,16,21,26H,4-6,13,15H2,1-3H3,(H,25,27)/t21-/m0/s1. The highest BCUT2D eigenvalue weighted by atomic mass is 16.5. The number of rotatable bonds is 9. The normalized spacial score (nSPS) is 12.1. The molecule has 0 saturated carbocycles. The SMILES string of the molecule is CCCCNC(=O)C[C@@H](c1cccc(OC)c1)c1c[nH]c2c(CC)cccc12. The van der Waals surface area contributed by atoms with Gasteiger partial charge in [-0.15, -0.1) is 0 Å². The lowest BCUT2D eigenvalue weighted by atomic mass is 9.87. The van der Waals surface area contributed by atoms with E-state index in [1.54, 1.807) is 7.11 Å². The summed E-state index contributed by atoms with van der Waals surface area (Å²) < 4.78 is 5.42. The molecule has 0 bridgehead atoms. The van der Waals surface area contributed by atoms with Crippen molar-refractivity contribution < 1.29 is 9.53 Å². The van der Waals surface area contributed by atoms with Gasteiger partial charge >= 0.3 is 0 Å². The second-order valence-electron chi connectivity index (χ2n) is 7.17. The molecule has 2 aromatic carbocycles. The maximum absolute atomic E-state index is 12.7. The van der Waals surface area contributed by atoms with Gasteiger partial charge in [-0.25, -0.2) is 0 Å². The zero-order chi connectivity index (χ0) is 19.9. The van der Waals surface area contributed by atoms with Crippen LogP contribution in [0.3, 0.4) is 0 Å². The molecule has 1 amide bonds. The van der Waals surface area contributed by atoms with E-state index in [0.29, 0.717) is 6.42 Å². The van der Waals surface area contributed by atoms with Crippen molar-refractivity contribution in [3.63, 3.8) is 0 Å². The number of nitrogens with one attached hydrogen (secondary N) is 2. The summed E-state index contributed by atoms with van der Waals surface area (Å²) >= 11 is 0. The van der Waals surface area contributed by atoms with Gasteiger partial charge in [-0.2, -0.15) is 0 Å². The fraction of sp³-hybridized carbons (Fsp3) is 0.375. The molecule has 0 unspecified atom stereocenters. The van der Waals surface area contributed by atoms with Gasteiger partial charge in [0.1, 0.15) is 5.75 Å². The zero-order valence-electron chi connectivity index (χ0n) is 17.0. The van der Waals surface area contributed by atoms with E-state index in [2.05, 4.69) is 54.6 Å². The lowest BCUT2D eigenvalue weighted by molar-refractivity contribution is -0.121. The summed E-state index contributed by atoms with van der Waals surface area (Å²) in [4.78, 5) is 16.1. The molecule has 0 aliphatic carbocycles. The summed E-state index contributed by atoms with van der Waals surface area (Å²) in [6.07, 6.45) is 5.52. The summed E-state index contributed by atoms with van der Waals surface area (Å²) in [6.45, 7) is 5.02. The smallest absolute Gasteiger partial charge is 0.220 e. The number of para-hydroxylation sites is 1. The van der Waals surface area contributed by atoms with Gasteiger partial charge in [0.15, 0.2) is 0 Å². The Morgan fingerprint density at radius 2 is 2.00 bits per heavy atom. The van der Waals surface area contributed by atoms with E-state index in [1.165, 1.54) is 16.5 Å². The van der Waals surface area contributed by atoms with Crippen LogP contribution in [0, 0.1) is 0 Å². The van der Waals surface area contributed by atoms with Crippen LogP contribution in [0.2, 0.25) is 0 Å². The van der Waals surface area contributed by atoms with Gasteiger partial charge in [0, 0.05) is 36.0 Å². The van der Waals surface area contributed by atoms with E-state index in [-0.39, 0.29) is 11.8 Å². The van der Waals surface area contributed by atoms with Gasteiger partial charge in [0.05, 0.1) is 7.11 Å². The highest BCUT2D eigenvalue weighted by molar-refractivity contribution is 5.88. The molecule has 0 aliphatic rings. The van der Waals surface area contributed by atoms with Crippen molar-refractivity contribution in [3.8, 4) is 5.75 Å². The number of hydrogen-bond acceptors (Lipinski definition) is 2. The van der Waals surface area contributed by atoms with Crippen LogP contribution in [0.1, 0.15) is 55.7 Å². The van der Waals surface area contributed by atoms with Crippen LogP contribution in [-0.2, 0) is 11.2 Å². The monoisotopic (exact) mass is 378 g/mol. The Hall–Kier alpha value is -2.75. The molecule has 0 aliphatic heterocycles. The number of hydrogen-bond donors (Lipinski definition) is 2. The van der Waals surface area contributed by atoms with Gasteiger partial charge in [-0.3, -0.25) is 4.79 Å². The molecule has 2 N–H and O–H groups in total. The van der Waals surface area contributed by atoms with Crippen molar-refractivity contribution in [3.05, 3.63) is 65.4 Å².